The van der Waals surface area contributed by atoms with Crippen molar-refractivity contribution < 1.29 is 18.0 Å². The molecule has 1 aliphatic carbocycles. The van der Waals surface area contributed by atoms with E-state index in [1.165, 1.54) is 6.07 Å². The fraction of sp³-hybridized carbons (Fsp3) is 0.571. The molecule has 1 N–H and O–H groups in total. The van der Waals surface area contributed by atoms with E-state index in [1.807, 2.05) is 27.7 Å². The highest BCUT2D eigenvalue weighted by molar-refractivity contribution is 5.95. The van der Waals surface area contributed by atoms with Gasteiger partial charge in [-0.1, -0.05) is 27.7 Å². The molecule has 1 aromatic heterocycles. The zero-order valence-corrected chi connectivity index (χ0v) is 11.8. The van der Waals surface area contributed by atoms with Gasteiger partial charge in [-0.15, -0.1) is 0 Å². The van der Waals surface area contributed by atoms with E-state index in [1.54, 1.807) is 0 Å². The first kappa shape index (κ1) is 14.8. The molecule has 0 unspecified atom stereocenters. The van der Waals surface area contributed by atoms with Gasteiger partial charge >= 0.3 is 6.18 Å². The summed E-state index contributed by atoms with van der Waals surface area (Å²) in [5.41, 5.74) is -1.08. The van der Waals surface area contributed by atoms with Crippen LogP contribution in [0.15, 0.2) is 18.3 Å². The molecular formula is C14H17F3N2O. The number of carbonyl (C=O) groups excluding carboxylic acids is 1. The van der Waals surface area contributed by atoms with E-state index in [0.717, 1.165) is 12.3 Å². The third-order valence-electron chi connectivity index (χ3n) is 4.62. The molecule has 0 aliphatic heterocycles. The topological polar surface area (TPSA) is 42.0 Å². The summed E-state index contributed by atoms with van der Waals surface area (Å²) in [6, 6.07) is 2.08. The number of halogens is 3. The summed E-state index contributed by atoms with van der Waals surface area (Å²) in [4.78, 5) is 15.8. The Balaban J connectivity index is 2.07. The van der Waals surface area contributed by atoms with Crippen LogP contribution in [0, 0.1) is 16.7 Å². The van der Waals surface area contributed by atoms with Crippen LogP contribution in [0.3, 0.4) is 0 Å². The molecule has 1 saturated carbocycles. The Hall–Kier alpha value is -1.59. The Morgan fingerprint density at radius 2 is 1.75 bits per heavy atom. The highest BCUT2D eigenvalue weighted by atomic mass is 19.4. The van der Waals surface area contributed by atoms with Crippen molar-refractivity contribution in [2.24, 2.45) is 16.7 Å². The first-order valence-corrected chi connectivity index (χ1v) is 6.32. The molecule has 0 bridgehead atoms. The van der Waals surface area contributed by atoms with E-state index >= 15 is 0 Å². The van der Waals surface area contributed by atoms with Crippen molar-refractivity contribution in [1.29, 1.82) is 0 Å². The molecule has 0 spiro atoms. The van der Waals surface area contributed by atoms with Crippen LogP contribution in [0.4, 0.5) is 19.0 Å². The Kier molecular flexibility index (Phi) is 3.11. The lowest BCUT2D eigenvalue weighted by atomic mass is 10.0. The van der Waals surface area contributed by atoms with Gasteiger partial charge in [0.2, 0.25) is 5.91 Å². The van der Waals surface area contributed by atoms with Gasteiger partial charge in [0, 0.05) is 12.1 Å². The Morgan fingerprint density at radius 3 is 2.10 bits per heavy atom. The molecule has 1 aromatic rings. The minimum atomic E-state index is -4.42. The number of amides is 1. The van der Waals surface area contributed by atoms with Crippen LogP contribution < -0.4 is 5.32 Å². The van der Waals surface area contributed by atoms with Gasteiger partial charge < -0.3 is 5.32 Å². The van der Waals surface area contributed by atoms with Crippen LogP contribution in [-0.2, 0) is 11.0 Å². The highest BCUT2D eigenvalue weighted by Gasteiger charge is 2.68. The van der Waals surface area contributed by atoms with Crippen molar-refractivity contribution in [3.63, 3.8) is 0 Å². The number of hydrogen-bond acceptors (Lipinski definition) is 2. The summed E-state index contributed by atoms with van der Waals surface area (Å²) in [6.45, 7) is 7.99. The molecule has 110 valence electrons. The summed E-state index contributed by atoms with van der Waals surface area (Å²) in [7, 11) is 0. The number of alkyl halides is 3. The number of nitrogens with zero attached hydrogens (tertiary/aromatic N) is 1. The fourth-order valence-electron chi connectivity index (χ4n) is 2.69. The van der Waals surface area contributed by atoms with Crippen molar-refractivity contribution in [3.05, 3.63) is 23.9 Å². The zero-order valence-electron chi connectivity index (χ0n) is 11.8. The SMILES string of the molecule is CC1(C)C(C(=O)Nc2ccc(C(F)(F)F)cn2)C1(C)C. The molecule has 3 nitrogen and oxygen atoms in total. The third kappa shape index (κ3) is 2.27. The summed E-state index contributed by atoms with van der Waals surface area (Å²) >= 11 is 0. The number of aromatic nitrogens is 1. The van der Waals surface area contributed by atoms with E-state index in [0.29, 0.717) is 0 Å². The lowest BCUT2D eigenvalue weighted by Crippen LogP contribution is -2.18. The second kappa shape index (κ2) is 4.20. The van der Waals surface area contributed by atoms with Gasteiger partial charge in [0.15, 0.2) is 0 Å². The molecule has 20 heavy (non-hydrogen) atoms. The molecule has 1 heterocycles. The lowest BCUT2D eigenvalue weighted by molar-refractivity contribution is -0.137. The number of anilines is 1. The van der Waals surface area contributed by atoms with Gasteiger partial charge in [-0.3, -0.25) is 4.79 Å². The van der Waals surface area contributed by atoms with Gasteiger partial charge in [-0.25, -0.2) is 4.98 Å². The van der Waals surface area contributed by atoms with Gasteiger partial charge in [0.1, 0.15) is 5.82 Å². The van der Waals surface area contributed by atoms with Crippen LogP contribution >= 0.6 is 0 Å². The molecule has 1 aliphatic rings. The average Bonchev–Trinajstić information content (AvgIpc) is 2.68. The second-order valence-corrected chi connectivity index (χ2v) is 6.30. The standard InChI is InChI=1S/C14H17F3N2O/c1-12(2)10(13(12,3)4)11(20)19-9-6-5-8(7-18-9)14(15,16)17/h5-7,10H,1-4H3,(H,18,19,20). The predicted octanol–water partition coefficient (Wildman–Crippen LogP) is 3.72. The van der Waals surface area contributed by atoms with Crippen molar-refractivity contribution >= 4 is 11.7 Å². The highest BCUT2D eigenvalue weighted by Crippen LogP contribution is 2.68. The molecule has 0 aromatic carbocycles. The Bertz CT molecular complexity index is 518. The van der Waals surface area contributed by atoms with E-state index in [4.69, 9.17) is 0 Å². The van der Waals surface area contributed by atoms with Crippen LogP contribution in [0.5, 0.6) is 0 Å². The maximum atomic E-state index is 12.4. The largest absolute Gasteiger partial charge is 0.417 e. The predicted molar refractivity (Wildman–Crippen MR) is 68.9 cm³/mol. The molecule has 0 atom stereocenters. The number of hydrogen-bond donors (Lipinski definition) is 1. The third-order valence-corrected chi connectivity index (χ3v) is 4.62. The maximum absolute atomic E-state index is 12.4. The average molecular weight is 286 g/mol. The number of nitrogens with one attached hydrogen (secondary N) is 1. The van der Waals surface area contributed by atoms with Crippen LogP contribution in [-0.4, -0.2) is 10.9 Å². The van der Waals surface area contributed by atoms with Gasteiger partial charge in [0.25, 0.3) is 0 Å². The molecular weight excluding hydrogens is 269 g/mol. The van der Waals surface area contributed by atoms with E-state index in [9.17, 15) is 18.0 Å². The zero-order chi connectivity index (χ0) is 15.3. The van der Waals surface area contributed by atoms with Crippen molar-refractivity contribution in [1.82, 2.24) is 4.98 Å². The van der Waals surface area contributed by atoms with Gasteiger partial charge in [-0.05, 0) is 23.0 Å². The minimum Gasteiger partial charge on any atom is -0.310 e. The van der Waals surface area contributed by atoms with E-state index in [-0.39, 0.29) is 28.5 Å². The summed E-state index contributed by atoms with van der Waals surface area (Å²) in [6.07, 6.45) is -3.70. The molecule has 1 amide bonds. The van der Waals surface area contributed by atoms with Gasteiger partial charge in [-0.2, -0.15) is 13.2 Å². The molecule has 0 saturated heterocycles. The first-order valence-electron chi connectivity index (χ1n) is 6.32. The van der Waals surface area contributed by atoms with Crippen LogP contribution in [0.2, 0.25) is 0 Å². The Morgan fingerprint density at radius 1 is 1.20 bits per heavy atom. The molecule has 6 heteroatoms. The molecule has 1 fully saturated rings. The maximum Gasteiger partial charge on any atom is 0.417 e. The monoisotopic (exact) mass is 286 g/mol. The van der Waals surface area contributed by atoms with Crippen LogP contribution in [0.25, 0.3) is 0 Å². The summed E-state index contributed by atoms with van der Waals surface area (Å²) in [5, 5.41) is 2.58. The molecule has 0 radical (unpaired) electrons. The number of pyridine rings is 1. The quantitative estimate of drug-likeness (QED) is 0.900. The first-order chi connectivity index (χ1) is 8.98. The van der Waals surface area contributed by atoms with Crippen molar-refractivity contribution in [2.75, 3.05) is 5.32 Å². The number of carbonyl (C=O) groups is 1. The van der Waals surface area contributed by atoms with E-state index < -0.39 is 11.7 Å². The number of rotatable bonds is 2. The summed E-state index contributed by atoms with van der Waals surface area (Å²) < 4.78 is 37.2. The summed E-state index contributed by atoms with van der Waals surface area (Å²) in [5.74, 6) is -0.229. The second-order valence-electron chi connectivity index (χ2n) is 6.30. The normalized spacial score (nSPS) is 20.6. The van der Waals surface area contributed by atoms with Crippen molar-refractivity contribution in [3.8, 4) is 0 Å². The Labute approximate surface area is 115 Å². The van der Waals surface area contributed by atoms with Gasteiger partial charge in [0.05, 0.1) is 5.56 Å². The molecule has 2 rings (SSSR count). The smallest absolute Gasteiger partial charge is 0.310 e. The van der Waals surface area contributed by atoms with E-state index in [2.05, 4.69) is 10.3 Å². The fourth-order valence-corrected chi connectivity index (χ4v) is 2.69. The lowest BCUT2D eigenvalue weighted by Gasteiger charge is -2.08. The van der Waals surface area contributed by atoms with Crippen LogP contribution in [0.1, 0.15) is 33.3 Å². The minimum absolute atomic E-state index is 0.122. The van der Waals surface area contributed by atoms with Crippen molar-refractivity contribution in [2.45, 2.75) is 33.9 Å².